The predicted molar refractivity (Wildman–Crippen MR) is 77.8 cm³/mol. The number of hydrogen-bond acceptors (Lipinski definition) is 3. The summed E-state index contributed by atoms with van der Waals surface area (Å²) in [5.41, 5.74) is 4.48. The molecule has 1 aromatic carbocycles. The molecule has 0 bridgehead atoms. The molecule has 0 unspecified atom stereocenters. The third-order valence-electron chi connectivity index (χ3n) is 3.99. The van der Waals surface area contributed by atoms with Gasteiger partial charge in [0, 0.05) is 17.5 Å². The molecule has 0 amide bonds. The molecule has 0 saturated heterocycles. The van der Waals surface area contributed by atoms with E-state index in [1.165, 1.54) is 18.4 Å². The molecule has 2 heterocycles. The number of rotatable bonds is 2. The maximum atomic E-state index is 6.31. The van der Waals surface area contributed by atoms with Gasteiger partial charge in [-0.1, -0.05) is 35.9 Å². The Balaban J connectivity index is 1.84. The van der Waals surface area contributed by atoms with Crippen LogP contribution >= 0.6 is 11.6 Å². The third-order valence-corrected chi connectivity index (χ3v) is 4.30. The number of benzene rings is 1. The highest BCUT2D eigenvalue weighted by molar-refractivity contribution is 6.30. The summed E-state index contributed by atoms with van der Waals surface area (Å²) >= 11 is 6.31. The number of hydrogen-bond donors (Lipinski definition) is 0. The van der Waals surface area contributed by atoms with E-state index in [1.54, 1.807) is 0 Å². The van der Waals surface area contributed by atoms with Crippen LogP contribution in [0.25, 0.3) is 11.4 Å². The number of aromatic nitrogens is 2. The van der Waals surface area contributed by atoms with Crippen LogP contribution in [0, 0.1) is 0 Å². The molecule has 20 heavy (non-hydrogen) atoms. The van der Waals surface area contributed by atoms with Gasteiger partial charge >= 0.3 is 0 Å². The van der Waals surface area contributed by atoms with Crippen LogP contribution in [-0.4, -0.2) is 16.6 Å². The Labute approximate surface area is 123 Å². The van der Waals surface area contributed by atoms with Gasteiger partial charge in [-0.15, -0.1) is 0 Å². The van der Waals surface area contributed by atoms with E-state index in [-0.39, 0.29) is 0 Å². The molecule has 102 valence electrons. The van der Waals surface area contributed by atoms with E-state index in [0.29, 0.717) is 24.3 Å². The van der Waals surface area contributed by atoms with Gasteiger partial charge in [0.2, 0.25) is 0 Å². The van der Waals surface area contributed by atoms with E-state index >= 15 is 0 Å². The Morgan fingerprint density at radius 2 is 2.00 bits per heavy atom. The number of halogens is 1. The third kappa shape index (κ3) is 2.11. The maximum absolute atomic E-state index is 6.31. The molecule has 1 aliphatic carbocycles. The lowest BCUT2D eigenvalue weighted by molar-refractivity contribution is 0.109. The molecule has 4 heteroatoms. The molecule has 0 atom stereocenters. The van der Waals surface area contributed by atoms with Crippen molar-refractivity contribution in [2.75, 3.05) is 6.61 Å². The summed E-state index contributed by atoms with van der Waals surface area (Å²) in [6.45, 7) is 1.24. The fraction of sp³-hybridized carbons (Fsp3) is 0.375. The first-order valence-electron chi connectivity index (χ1n) is 7.05. The van der Waals surface area contributed by atoms with Crippen molar-refractivity contribution < 1.29 is 4.74 Å². The lowest BCUT2D eigenvalue weighted by Crippen LogP contribution is -2.14. The molecular formula is C16H15ClN2O. The first-order valence-corrected chi connectivity index (χ1v) is 7.43. The highest BCUT2D eigenvalue weighted by Gasteiger charge is 2.27. The van der Waals surface area contributed by atoms with Crippen molar-refractivity contribution in [1.29, 1.82) is 0 Å². The van der Waals surface area contributed by atoms with Crippen molar-refractivity contribution in [1.82, 2.24) is 9.97 Å². The summed E-state index contributed by atoms with van der Waals surface area (Å²) in [4.78, 5) is 9.24. The van der Waals surface area contributed by atoms with E-state index in [2.05, 4.69) is 23.2 Å². The SMILES string of the molecule is Clc1nc(-c2ccccc2C2CC2)nc2c1COCC2. The summed E-state index contributed by atoms with van der Waals surface area (Å²) in [7, 11) is 0. The minimum Gasteiger partial charge on any atom is -0.376 e. The van der Waals surface area contributed by atoms with Crippen LogP contribution in [0.2, 0.25) is 5.15 Å². The van der Waals surface area contributed by atoms with E-state index < -0.39 is 0 Å². The van der Waals surface area contributed by atoms with E-state index in [9.17, 15) is 0 Å². The average Bonchev–Trinajstić information content (AvgIpc) is 3.32. The van der Waals surface area contributed by atoms with Gasteiger partial charge in [-0.2, -0.15) is 0 Å². The van der Waals surface area contributed by atoms with Gasteiger partial charge in [-0.05, 0) is 24.3 Å². The Morgan fingerprint density at radius 1 is 1.15 bits per heavy atom. The monoisotopic (exact) mass is 286 g/mol. The van der Waals surface area contributed by atoms with Crippen molar-refractivity contribution in [3.63, 3.8) is 0 Å². The second-order valence-corrected chi connectivity index (χ2v) is 5.79. The van der Waals surface area contributed by atoms with E-state index in [1.807, 2.05) is 6.07 Å². The van der Waals surface area contributed by atoms with Gasteiger partial charge < -0.3 is 4.74 Å². The largest absolute Gasteiger partial charge is 0.376 e. The maximum Gasteiger partial charge on any atom is 0.161 e. The molecule has 4 rings (SSSR count). The van der Waals surface area contributed by atoms with Crippen LogP contribution < -0.4 is 0 Å². The lowest BCUT2D eigenvalue weighted by Gasteiger charge is -2.18. The first kappa shape index (κ1) is 12.3. The minimum absolute atomic E-state index is 0.527. The van der Waals surface area contributed by atoms with Crippen LogP contribution in [0.5, 0.6) is 0 Å². The second-order valence-electron chi connectivity index (χ2n) is 5.43. The van der Waals surface area contributed by atoms with E-state index in [0.717, 1.165) is 29.1 Å². The number of ether oxygens (including phenoxy) is 1. The van der Waals surface area contributed by atoms with Crippen molar-refractivity contribution in [3.05, 3.63) is 46.2 Å². The molecule has 3 nitrogen and oxygen atoms in total. The van der Waals surface area contributed by atoms with Gasteiger partial charge in [0.1, 0.15) is 5.15 Å². The normalized spacial score (nSPS) is 17.9. The minimum atomic E-state index is 0.527. The zero-order chi connectivity index (χ0) is 13.5. The quantitative estimate of drug-likeness (QED) is 0.789. The molecule has 0 N–H and O–H groups in total. The smallest absolute Gasteiger partial charge is 0.161 e. The molecule has 0 spiro atoms. The zero-order valence-electron chi connectivity index (χ0n) is 11.1. The Bertz CT molecular complexity index is 668. The fourth-order valence-corrected chi connectivity index (χ4v) is 3.01. The molecular weight excluding hydrogens is 272 g/mol. The van der Waals surface area contributed by atoms with Crippen molar-refractivity contribution in [2.45, 2.75) is 31.8 Å². The van der Waals surface area contributed by atoms with Gasteiger partial charge in [-0.3, -0.25) is 0 Å². The van der Waals surface area contributed by atoms with Gasteiger partial charge in [-0.25, -0.2) is 9.97 Å². The summed E-state index contributed by atoms with van der Waals surface area (Å²) in [5, 5.41) is 0.537. The van der Waals surface area contributed by atoms with Gasteiger partial charge in [0.05, 0.1) is 18.9 Å². The number of nitrogens with zero attached hydrogens (tertiary/aromatic N) is 2. The Hall–Kier alpha value is -1.45. The highest BCUT2D eigenvalue weighted by atomic mass is 35.5. The summed E-state index contributed by atoms with van der Waals surface area (Å²) < 4.78 is 5.43. The van der Waals surface area contributed by atoms with Gasteiger partial charge in [0.25, 0.3) is 0 Å². The van der Waals surface area contributed by atoms with Crippen LogP contribution in [0.4, 0.5) is 0 Å². The highest BCUT2D eigenvalue weighted by Crippen LogP contribution is 2.44. The second kappa shape index (κ2) is 4.83. The van der Waals surface area contributed by atoms with Crippen molar-refractivity contribution in [3.8, 4) is 11.4 Å². The summed E-state index contributed by atoms with van der Waals surface area (Å²) in [6.07, 6.45) is 3.35. The fourth-order valence-electron chi connectivity index (χ4n) is 2.76. The molecule has 2 aromatic rings. The predicted octanol–water partition coefficient (Wildman–Crippen LogP) is 3.75. The summed E-state index contributed by atoms with van der Waals surface area (Å²) in [5.74, 6) is 1.44. The average molecular weight is 287 g/mol. The Kier molecular flexibility index (Phi) is 2.97. The molecule has 2 aliphatic rings. The first-order chi connectivity index (χ1) is 9.83. The van der Waals surface area contributed by atoms with Crippen LogP contribution in [-0.2, 0) is 17.8 Å². The number of fused-ring (bicyclic) bond motifs is 1. The van der Waals surface area contributed by atoms with Crippen molar-refractivity contribution >= 4 is 11.6 Å². The van der Waals surface area contributed by atoms with Crippen LogP contribution in [0.3, 0.4) is 0 Å². The molecule has 0 radical (unpaired) electrons. The molecule has 1 fully saturated rings. The molecule has 1 aromatic heterocycles. The lowest BCUT2D eigenvalue weighted by atomic mass is 10.0. The Morgan fingerprint density at radius 3 is 2.85 bits per heavy atom. The van der Waals surface area contributed by atoms with E-state index in [4.69, 9.17) is 21.3 Å². The van der Waals surface area contributed by atoms with Gasteiger partial charge in [0.15, 0.2) is 5.82 Å². The molecule has 1 saturated carbocycles. The van der Waals surface area contributed by atoms with Crippen LogP contribution in [0.15, 0.2) is 24.3 Å². The van der Waals surface area contributed by atoms with Crippen molar-refractivity contribution in [2.24, 2.45) is 0 Å². The molecule has 1 aliphatic heterocycles. The zero-order valence-corrected chi connectivity index (χ0v) is 11.9. The van der Waals surface area contributed by atoms with Crippen LogP contribution in [0.1, 0.15) is 35.6 Å². The summed E-state index contributed by atoms with van der Waals surface area (Å²) in [6, 6.07) is 8.42. The topological polar surface area (TPSA) is 35.0 Å². The standard InChI is InChI=1S/C16H15ClN2O/c17-15-13-9-20-8-7-14(13)18-16(19-15)12-4-2-1-3-11(12)10-5-6-10/h1-4,10H,5-9H2.